The molecule has 0 aromatic carbocycles. The summed E-state index contributed by atoms with van der Waals surface area (Å²) in [4.78, 5) is 54.3. The van der Waals surface area contributed by atoms with Crippen molar-refractivity contribution in [2.75, 3.05) is 34.0 Å². The lowest BCUT2D eigenvalue weighted by Crippen LogP contribution is -2.58. The molecule has 2 aliphatic rings. The lowest BCUT2D eigenvalue weighted by Gasteiger charge is -2.36. The minimum absolute atomic E-state index is 0.0333. The van der Waals surface area contributed by atoms with Crippen molar-refractivity contribution in [3.8, 4) is 0 Å². The predicted molar refractivity (Wildman–Crippen MR) is 178 cm³/mol. The minimum atomic E-state index is -3.05. The molecule has 0 saturated carbocycles. The summed E-state index contributed by atoms with van der Waals surface area (Å²) in [5.74, 6) is -8.50. The van der Waals surface area contributed by atoms with Crippen molar-refractivity contribution in [2.24, 2.45) is 23.7 Å². The number of fused-ring (bicyclic) bond motifs is 1. The molecule has 1 saturated heterocycles. The van der Waals surface area contributed by atoms with Crippen LogP contribution in [0.1, 0.15) is 79.1 Å². The minimum Gasteiger partial charge on any atom is -0.464 e. The number of carbonyl (C=O) groups is 4. The fraction of sp³-hybridized carbons (Fsp3) is 0.722. The largest absolute Gasteiger partial charge is 0.464 e. The number of Topliss-reactive ketones (excluding diaryl/α,β-unsaturated/α-hetero) is 2. The van der Waals surface area contributed by atoms with Crippen molar-refractivity contribution in [3.05, 3.63) is 36.0 Å². The zero-order valence-electron chi connectivity index (χ0n) is 29.4. The molecule has 2 aliphatic heterocycles. The van der Waals surface area contributed by atoms with Gasteiger partial charge in [0.05, 0.1) is 31.5 Å². The van der Waals surface area contributed by atoms with E-state index in [4.69, 9.17) is 14.2 Å². The molecule has 4 N–H and O–H groups in total. The topological polar surface area (TPSA) is 180 Å². The second kappa shape index (κ2) is 19.4. The zero-order chi connectivity index (χ0) is 36.2. The Morgan fingerprint density at radius 3 is 2.27 bits per heavy atom. The summed E-state index contributed by atoms with van der Waals surface area (Å²) in [7, 11) is 2.98. The molecule has 0 aliphatic carbocycles. The van der Waals surface area contributed by atoms with E-state index in [0.717, 1.165) is 4.90 Å². The van der Waals surface area contributed by atoms with Crippen LogP contribution in [0.25, 0.3) is 0 Å². The number of rotatable bonds is 5. The third-order valence-corrected chi connectivity index (χ3v) is 9.60. The fourth-order valence-corrected chi connectivity index (χ4v) is 6.43. The molecule has 1 amide bonds. The summed E-state index contributed by atoms with van der Waals surface area (Å²) in [5.41, 5.74) is 1.03. The number of esters is 1. The van der Waals surface area contributed by atoms with Crippen LogP contribution in [-0.2, 0) is 33.4 Å². The molecule has 8 unspecified atom stereocenters. The number of methoxy groups -OCH3 is 2. The van der Waals surface area contributed by atoms with Crippen molar-refractivity contribution in [1.29, 1.82) is 0 Å². The van der Waals surface area contributed by atoms with Gasteiger partial charge in [0.1, 0.15) is 6.04 Å². The Balaban J connectivity index is 2.48. The number of aliphatic hydroxyl groups is 4. The number of aliphatic hydroxyl groups excluding tert-OH is 2. The molecule has 0 bridgehead atoms. The van der Waals surface area contributed by atoms with Crippen molar-refractivity contribution in [2.45, 2.75) is 109 Å². The summed E-state index contributed by atoms with van der Waals surface area (Å²) in [6.07, 6.45) is 5.31. The number of carbonyl (C=O) groups excluding carboxylic acids is 4. The van der Waals surface area contributed by atoms with Gasteiger partial charge in [0.15, 0.2) is 5.78 Å². The first kappa shape index (κ1) is 41.4. The first-order valence-corrected chi connectivity index (χ1v) is 17.0. The van der Waals surface area contributed by atoms with Crippen LogP contribution in [-0.4, -0.2) is 113 Å². The van der Waals surface area contributed by atoms with Crippen molar-refractivity contribution in [1.82, 2.24) is 4.90 Å². The number of hydrogen-bond acceptors (Lipinski definition) is 11. The van der Waals surface area contributed by atoms with Gasteiger partial charge in [0.2, 0.25) is 5.79 Å². The molecular formula is C36H57NO11. The number of ether oxygens (including phenoxy) is 3. The second-order valence-electron chi connectivity index (χ2n) is 13.6. The van der Waals surface area contributed by atoms with E-state index in [1.54, 1.807) is 19.1 Å². The van der Waals surface area contributed by atoms with Gasteiger partial charge < -0.3 is 39.5 Å². The van der Waals surface area contributed by atoms with Crippen LogP contribution in [0.4, 0.5) is 0 Å². The van der Waals surface area contributed by atoms with Crippen LogP contribution in [0, 0.1) is 23.7 Å². The van der Waals surface area contributed by atoms with Crippen LogP contribution in [0.2, 0.25) is 0 Å². The van der Waals surface area contributed by atoms with E-state index in [-0.39, 0.29) is 63.1 Å². The van der Waals surface area contributed by atoms with E-state index in [2.05, 4.69) is 6.58 Å². The van der Waals surface area contributed by atoms with Gasteiger partial charge in [-0.15, -0.1) is 0 Å². The summed E-state index contributed by atoms with van der Waals surface area (Å²) in [6, 6.07) is -1.13. The summed E-state index contributed by atoms with van der Waals surface area (Å²) in [6.45, 7) is 10.9. The van der Waals surface area contributed by atoms with E-state index in [0.29, 0.717) is 36.8 Å². The average molecular weight is 680 g/mol. The van der Waals surface area contributed by atoms with Gasteiger partial charge >= 0.3 is 5.97 Å². The van der Waals surface area contributed by atoms with E-state index in [1.807, 2.05) is 19.9 Å². The van der Waals surface area contributed by atoms with E-state index < -0.39 is 59.6 Å². The molecular weight excluding hydrogens is 622 g/mol. The third-order valence-electron chi connectivity index (χ3n) is 9.60. The maximum absolute atomic E-state index is 13.4. The normalized spacial score (nSPS) is 34.0. The molecule has 2 heterocycles. The predicted octanol–water partition coefficient (Wildman–Crippen LogP) is 2.66. The Labute approximate surface area is 284 Å². The van der Waals surface area contributed by atoms with Gasteiger partial charge in [0, 0.05) is 39.0 Å². The molecule has 1 fully saturated rings. The molecule has 0 aromatic rings. The summed E-state index contributed by atoms with van der Waals surface area (Å²) < 4.78 is 16.9. The quantitative estimate of drug-likeness (QED) is 0.145. The molecule has 12 nitrogen and oxygen atoms in total. The Morgan fingerprint density at radius 2 is 1.65 bits per heavy atom. The number of nitrogens with zero attached hydrogens (tertiary/aromatic N) is 1. The molecule has 0 aromatic heterocycles. The highest BCUT2D eigenvalue weighted by Gasteiger charge is 2.48. The zero-order valence-corrected chi connectivity index (χ0v) is 29.4. The highest BCUT2D eigenvalue weighted by Crippen LogP contribution is 2.31. The van der Waals surface area contributed by atoms with Crippen LogP contribution in [0.15, 0.2) is 36.0 Å². The average Bonchev–Trinajstić information content (AvgIpc) is 3.06. The van der Waals surface area contributed by atoms with Gasteiger partial charge in [-0.3, -0.25) is 14.4 Å². The van der Waals surface area contributed by atoms with Crippen LogP contribution >= 0.6 is 0 Å². The number of allylic oxidation sites excluding steroid dienone is 3. The maximum Gasteiger partial charge on any atom is 0.328 e. The van der Waals surface area contributed by atoms with Gasteiger partial charge in [-0.25, -0.2) is 4.79 Å². The van der Waals surface area contributed by atoms with Gasteiger partial charge in [-0.05, 0) is 67.9 Å². The third kappa shape index (κ3) is 11.4. The lowest BCUT2D eigenvalue weighted by molar-refractivity contribution is -0.207. The molecule has 2 rings (SSSR count). The molecule has 8 atom stereocenters. The first-order valence-electron chi connectivity index (χ1n) is 17.0. The Hall–Kier alpha value is -2.74. The second-order valence-corrected chi connectivity index (χ2v) is 13.6. The smallest absolute Gasteiger partial charge is 0.328 e. The van der Waals surface area contributed by atoms with Gasteiger partial charge in [-0.1, -0.05) is 52.5 Å². The van der Waals surface area contributed by atoms with Crippen LogP contribution in [0.3, 0.4) is 0 Å². The molecule has 48 heavy (non-hydrogen) atoms. The maximum atomic E-state index is 13.4. The fourth-order valence-electron chi connectivity index (χ4n) is 6.43. The van der Waals surface area contributed by atoms with E-state index >= 15 is 0 Å². The van der Waals surface area contributed by atoms with Crippen molar-refractivity contribution in [3.63, 3.8) is 0 Å². The van der Waals surface area contributed by atoms with E-state index in [1.165, 1.54) is 21.1 Å². The molecule has 12 heteroatoms. The Bertz CT molecular complexity index is 1180. The number of amides is 1. The molecule has 0 spiro atoms. The first-order chi connectivity index (χ1) is 22.6. The summed E-state index contributed by atoms with van der Waals surface area (Å²) >= 11 is 0. The number of cyclic esters (lactones) is 1. The van der Waals surface area contributed by atoms with Crippen LogP contribution < -0.4 is 0 Å². The highest BCUT2D eigenvalue weighted by atomic mass is 16.5. The van der Waals surface area contributed by atoms with Crippen LogP contribution in [0.5, 0.6) is 0 Å². The number of piperidine rings is 1. The monoisotopic (exact) mass is 679 g/mol. The Morgan fingerprint density at radius 1 is 1.00 bits per heavy atom. The summed E-state index contributed by atoms with van der Waals surface area (Å²) in [5, 5.41) is 42.1. The lowest BCUT2D eigenvalue weighted by atomic mass is 9.84. The van der Waals surface area contributed by atoms with Crippen molar-refractivity contribution < 1.29 is 53.8 Å². The van der Waals surface area contributed by atoms with Crippen molar-refractivity contribution >= 4 is 23.4 Å². The highest BCUT2D eigenvalue weighted by molar-refractivity contribution is 6.39. The SMILES string of the molecule is C=C1C(OC)CC(C)CC(C)/C=C(\CC=CCO)C(=O)CC(O)C(C)COC(=O)C2CCCCN2C(=O)C(=O)C(O)(O)C(C)CC1OC. The van der Waals surface area contributed by atoms with Gasteiger partial charge in [-0.2, -0.15) is 0 Å². The standard InChI is InChI=1S/C36H57NO11/c1-22-16-23(2)18-31(46-6)26(5)32(47-7)19-25(4)36(44,45)33(41)34(42)37-14-10-8-13-28(37)35(43)48-21-24(3)29(39)20-30(40)27(17-22)12-9-11-15-38/h9,11,17,22-25,28-29,31-32,38-39,44-45H,5,8,10,12-16,18-21H2,1-4,6-7H3/b11-9?,27-17+. The number of ketones is 2. The Kier molecular flexibility index (Phi) is 16.8. The molecule has 272 valence electrons. The molecule has 0 radical (unpaired) electrons. The number of hydrogen-bond donors (Lipinski definition) is 4. The van der Waals surface area contributed by atoms with E-state index in [9.17, 15) is 39.6 Å². The van der Waals surface area contributed by atoms with Gasteiger partial charge in [0.25, 0.3) is 11.7 Å².